The number of aliphatic hydroxyl groups is 5. The normalized spacial score (nSPS) is 33.6. The molecule has 3 fully saturated rings. The molecule has 0 saturated carbocycles. The first-order chi connectivity index (χ1) is 48.0. The SMILES string of the molecule is CCc1cccc2c3c([nH]c12)C(CC)(CC(=O)NCC(=O)NC(Cc1ccccc1)C(=O)NC(CC(C)C)C(=O)NCC(=O)NCCCN1CC(C)CC(C)(O)C(OC2OC(C)CC(N(C)C)C2O)C(C)C(OC2CC(C)(OC)C(O)C(C)O2)C(C)C(=O)OC(CC)C(C)(O)C(O)C1C)OCC3. The van der Waals surface area contributed by atoms with Gasteiger partial charge in [0.1, 0.15) is 47.7 Å². The lowest BCUT2D eigenvalue weighted by molar-refractivity contribution is -0.318. The summed E-state index contributed by atoms with van der Waals surface area (Å²) in [6.45, 7) is 25.1. The van der Waals surface area contributed by atoms with Gasteiger partial charge in [-0.1, -0.05) is 97.0 Å². The molecule has 5 amide bonds. The summed E-state index contributed by atoms with van der Waals surface area (Å²) < 4.78 is 44.7. The number of esters is 1. The average Bonchev–Trinajstić information content (AvgIpc) is 1.57. The summed E-state index contributed by atoms with van der Waals surface area (Å²) in [5.74, 6) is -6.12. The molecule has 574 valence electrons. The van der Waals surface area contributed by atoms with Crippen molar-refractivity contribution in [3.05, 3.63) is 70.9 Å². The van der Waals surface area contributed by atoms with E-state index in [4.69, 9.17) is 33.2 Å². The number of methoxy groups -OCH3 is 1. The van der Waals surface area contributed by atoms with Crippen molar-refractivity contribution in [1.82, 2.24) is 41.4 Å². The highest BCUT2D eigenvalue weighted by Crippen LogP contribution is 2.44. The summed E-state index contributed by atoms with van der Waals surface area (Å²) in [7, 11) is 5.19. The second-order valence-electron chi connectivity index (χ2n) is 30.7. The van der Waals surface area contributed by atoms with E-state index in [1.165, 1.54) is 19.6 Å². The van der Waals surface area contributed by atoms with Gasteiger partial charge >= 0.3 is 5.97 Å². The van der Waals surface area contributed by atoms with E-state index >= 15 is 0 Å². The number of rotatable bonds is 27. The molecule has 4 aliphatic heterocycles. The van der Waals surface area contributed by atoms with Crippen LogP contribution >= 0.6 is 0 Å². The molecule has 2 aromatic carbocycles. The Hall–Kier alpha value is -5.72. The zero-order valence-corrected chi connectivity index (χ0v) is 63.5. The van der Waals surface area contributed by atoms with Crippen LogP contribution in [0.3, 0.4) is 0 Å². The second-order valence-corrected chi connectivity index (χ2v) is 30.7. The van der Waals surface area contributed by atoms with Crippen molar-refractivity contribution < 1.29 is 87.5 Å². The fourth-order valence-corrected chi connectivity index (χ4v) is 15.8. The molecule has 0 aliphatic carbocycles. The summed E-state index contributed by atoms with van der Waals surface area (Å²) in [4.78, 5) is 91.8. The predicted molar refractivity (Wildman–Crippen MR) is 384 cm³/mol. The van der Waals surface area contributed by atoms with Gasteiger partial charge < -0.3 is 95.2 Å². The highest BCUT2D eigenvalue weighted by molar-refractivity contribution is 5.94. The summed E-state index contributed by atoms with van der Waals surface area (Å²) in [5, 5.41) is 75.9. The van der Waals surface area contributed by atoms with Gasteiger partial charge in [0, 0.05) is 68.5 Å². The summed E-state index contributed by atoms with van der Waals surface area (Å²) in [6.07, 6.45) is -7.45. The highest BCUT2D eigenvalue weighted by Gasteiger charge is 2.53. The molecule has 5 heterocycles. The third kappa shape index (κ3) is 20.7. The van der Waals surface area contributed by atoms with Crippen LogP contribution < -0.4 is 26.6 Å². The number of hydrogen-bond donors (Lipinski definition) is 11. The third-order valence-corrected chi connectivity index (χ3v) is 21.7. The molecule has 0 bridgehead atoms. The van der Waals surface area contributed by atoms with Gasteiger partial charge in [0.05, 0.1) is 73.3 Å². The van der Waals surface area contributed by atoms with E-state index in [2.05, 4.69) is 50.6 Å². The number of cyclic esters (lactones) is 1. The monoisotopic (exact) mass is 1430 g/mol. The maximum Gasteiger partial charge on any atom is 0.311 e. The topological polar surface area (TPSA) is 351 Å². The Morgan fingerprint density at radius 3 is 2.16 bits per heavy atom. The number of aliphatic hydroxyl groups excluding tert-OH is 3. The molecule has 21 unspecified atom stereocenters. The average molecular weight is 1440 g/mol. The van der Waals surface area contributed by atoms with Crippen LogP contribution in [0.2, 0.25) is 0 Å². The molecule has 26 heteroatoms. The number of hydrogen-bond acceptors (Lipinski definition) is 20. The zero-order valence-electron chi connectivity index (χ0n) is 63.5. The van der Waals surface area contributed by atoms with E-state index in [0.717, 1.165) is 34.1 Å². The maximum atomic E-state index is 14.8. The third-order valence-electron chi connectivity index (χ3n) is 21.7. The number of carbonyl (C=O) groups is 6. The molecule has 11 N–H and O–H groups in total. The molecule has 21 atom stereocenters. The number of amides is 5. The number of H-pyrrole nitrogens is 1. The minimum atomic E-state index is -2.03. The van der Waals surface area contributed by atoms with Gasteiger partial charge in [-0.05, 0) is 142 Å². The Kier molecular flexibility index (Phi) is 29.9. The van der Waals surface area contributed by atoms with E-state index < -0.39 is 156 Å². The van der Waals surface area contributed by atoms with Gasteiger partial charge in [-0.25, -0.2) is 0 Å². The first-order valence-electron chi connectivity index (χ1n) is 37.0. The number of aromatic amines is 1. The van der Waals surface area contributed by atoms with Gasteiger partial charge in [0.15, 0.2) is 12.6 Å². The van der Waals surface area contributed by atoms with Crippen molar-refractivity contribution in [3.8, 4) is 0 Å². The van der Waals surface area contributed by atoms with Crippen LogP contribution in [-0.4, -0.2) is 239 Å². The largest absolute Gasteiger partial charge is 0.459 e. The lowest BCUT2D eigenvalue weighted by Crippen LogP contribution is -2.60. The van der Waals surface area contributed by atoms with Crippen LogP contribution in [0.1, 0.15) is 171 Å². The fourth-order valence-electron chi connectivity index (χ4n) is 15.8. The number of para-hydroxylation sites is 1. The van der Waals surface area contributed by atoms with Crippen molar-refractivity contribution in [3.63, 3.8) is 0 Å². The molecule has 4 aliphatic rings. The number of nitrogens with one attached hydrogen (secondary N) is 6. The Balaban J connectivity index is 1.02. The first-order valence-corrected chi connectivity index (χ1v) is 37.0. The fraction of sp³-hybridized carbons (Fsp3) is 0.737. The van der Waals surface area contributed by atoms with Crippen molar-refractivity contribution in [2.75, 3.05) is 60.5 Å². The number of aromatic nitrogens is 1. The van der Waals surface area contributed by atoms with Gasteiger partial charge in [-0.15, -0.1) is 0 Å². The molecule has 26 nitrogen and oxygen atoms in total. The van der Waals surface area contributed by atoms with Crippen LogP contribution in [-0.2, 0) is 86.8 Å². The zero-order chi connectivity index (χ0) is 75.3. The number of fused-ring (bicyclic) bond motifs is 3. The molecule has 102 heavy (non-hydrogen) atoms. The van der Waals surface area contributed by atoms with Crippen LogP contribution in [0.5, 0.6) is 0 Å². The number of carbonyl (C=O) groups excluding carboxylic acids is 6. The Morgan fingerprint density at radius 2 is 1.51 bits per heavy atom. The van der Waals surface area contributed by atoms with Crippen molar-refractivity contribution in [2.24, 2.45) is 23.7 Å². The quantitative estimate of drug-likeness (QED) is 0.0367. The summed E-state index contributed by atoms with van der Waals surface area (Å²) in [6, 6.07) is 11.8. The van der Waals surface area contributed by atoms with E-state index in [-0.39, 0.29) is 82.1 Å². The van der Waals surface area contributed by atoms with Crippen molar-refractivity contribution in [1.29, 1.82) is 0 Å². The van der Waals surface area contributed by atoms with Gasteiger partial charge in [0.2, 0.25) is 29.5 Å². The van der Waals surface area contributed by atoms with Crippen LogP contribution in [0, 0.1) is 23.7 Å². The number of benzene rings is 2. The smallest absolute Gasteiger partial charge is 0.311 e. The number of likely N-dealkylation sites (N-methyl/N-ethyl adjacent to an activating group) is 1. The lowest BCUT2D eigenvalue weighted by Gasteiger charge is -2.48. The van der Waals surface area contributed by atoms with Crippen molar-refractivity contribution >= 4 is 46.4 Å². The molecular formula is C76H122N8O18. The molecule has 0 radical (unpaired) electrons. The predicted octanol–water partition coefficient (Wildman–Crippen LogP) is 4.58. The van der Waals surface area contributed by atoms with E-state index in [1.807, 2.05) is 94.9 Å². The minimum absolute atomic E-state index is 0.0431. The minimum Gasteiger partial charge on any atom is -0.459 e. The molecule has 3 saturated heterocycles. The molecule has 0 spiro atoms. The van der Waals surface area contributed by atoms with E-state index in [0.29, 0.717) is 32.3 Å². The Labute approximate surface area is 603 Å². The lowest BCUT2D eigenvalue weighted by atomic mass is 9.77. The summed E-state index contributed by atoms with van der Waals surface area (Å²) in [5.41, 5.74) is -0.922. The Morgan fingerprint density at radius 1 is 0.814 bits per heavy atom. The number of ether oxygens (including phenoxy) is 7. The van der Waals surface area contributed by atoms with Crippen molar-refractivity contribution in [2.45, 2.75) is 276 Å². The van der Waals surface area contributed by atoms with Gasteiger partial charge in [-0.2, -0.15) is 0 Å². The number of aryl methyl sites for hydroxylation is 1. The summed E-state index contributed by atoms with van der Waals surface area (Å²) >= 11 is 0. The second kappa shape index (κ2) is 36.5. The van der Waals surface area contributed by atoms with E-state index in [1.54, 1.807) is 48.5 Å². The maximum absolute atomic E-state index is 14.8. The molecular weight excluding hydrogens is 1310 g/mol. The first kappa shape index (κ1) is 83.6. The Bertz CT molecular complexity index is 3240. The van der Waals surface area contributed by atoms with Crippen LogP contribution in [0.15, 0.2) is 48.5 Å². The van der Waals surface area contributed by atoms with Gasteiger partial charge in [-0.3, -0.25) is 33.7 Å². The molecule has 7 rings (SSSR count). The molecule has 1 aromatic heterocycles. The van der Waals surface area contributed by atoms with Crippen LogP contribution in [0.4, 0.5) is 0 Å². The molecule has 3 aromatic rings. The van der Waals surface area contributed by atoms with Crippen LogP contribution in [0.25, 0.3) is 10.9 Å². The van der Waals surface area contributed by atoms with E-state index in [9.17, 15) is 54.3 Å². The number of nitrogens with zero attached hydrogens (tertiary/aromatic N) is 2. The highest BCUT2D eigenvalue weighted by atomic mass is 16.7. The standard InChI is InChI=1S/C76H122N8O18/c1-18-51-28-24-29-52-53-30-33-97-76(20-3,65(53)82-62(51)52)38-58(85)78-41-60(87)80-55(36-50-26-22-21-23-27-50)70(92)81-54(34-43(4)5)69(91)79-40-59(86)77-31-25-32-84-42-44(6)37-73(12,94)68(102-72-63(88)56(83(15)16)35-45(7)98-72)46(8)64(101-61-39-74(13,96-17)67(90)49(11)99-61)47(9)71(93)100-57(19-2)75(14,95)66(89)48(84)10/h21-24,26-29,43-49,54-57,61,63-64,66-68,72,82,88-90,94-95H,18-20,25,30-42H2,1-17H3,(H,77,86)(H,78,85)(H,79,91)(H,80,87)(H,81,92). The van der Waals surface area contributed by atoms with Gasteiger partial charge in [0.25, 0.3) is 0 Å².